The zero-order valence-electron chi connectivity index (χ0n) is 13.4. The van der Waals surface area contributed by atoms with E-state index in [1.165, 1.54) is 22.9 Å². The quantitative estimate of drug-likeness (QED) is 0.627. The highest BCUT2D eigenvalue weighted by Gasteiger charge is 2.23. The van der Waals surface area contributed by atoms with Crippen LogP contribution in [0.15, 0.2) is 46.9 Å². The molecule has 1 unspecified atom stereocenters. The second-order valence-corrected chi connectivity index (χ2v) is 7.40. The van der Waals surface area contributed by atoms with Gasteiger partial charge in [0.15, 0.2) is 0 Å². The molecule has 3 aromatic rings. The third-order valence-corrected chi connectivity index (χ3v) is 5.42. The highest BCUT2D eigenvalue weighted by Crippen LogP contribution is 2.34. The van der Waals surface area contributed by atoms with Crippen LogP contribution >= 0.6 is 15.9 Å². The summed E-state index contributed by atoms with van der Waals surface area (Å²) in [5.41, 5.74) is 4.91. The second kappa shape index (κ2) is 6.69. The first-order valence-electron chi connectivity index (χ1n) is 8.48. The van der Waals surface area contributed by atoms with E-state index < -0.39 is 0 Å². The van der Waals surface area contributed by atoms with Gasteiger partial charge >= 0.3 is 0 Å². The summed E-state index contributed by atoms with van der Waals surface area (Å²) >= 11 is 3.47. The van der Waals surface area contributed by atoms with Crippen molar-refractivity contribution in [2.24, 2.45) is 0 Å². The first-order valence-corrected chi connectivity index (χ1v) is 9.28. The Bertz CT molecular complexity index is 854. The van der Waals surface area contributed by atoms with Gasteiger partial charge in [-0.2, -0.15) is 0 Å². The fraction of sp³-hybridized carbons (Fsp3) is 0.300. The summed E-state index contributed by atoms with van der Waals surface area (Å²) in [6, 6.07) is 13.9. The van der Waals surface area contributed by atoms with Crippen molar-refractivity contribution in [3.05, 3.63) is 69.6 Å². The number of aryl methyl sites for hydroxylation is 1. The van der Waals surface area contributed by atoms with Crippen molar-refractivity contribution < 1.29 is 4.39 Å². The number of fused-ring (bicyclic) bond motifs is 3. The molecule has 1 atom stereocenters. The van der Waals surface area contributed by atoms with Crippen LogP contribution < -0.4 is 5.32 Å². The fourth-order valence-electron chi connectivity index (χ4n) is 3.68. The minimum Gasteiger partial charge on any atom is -0.357 e. The van der Waals surface area contributed by atoms with Crippen LogP contribution in [0.5, 0.6) is 0 Å². The van der Waals surface area contributed by atoms with Crippen molar-refractivity contribution in [2.45, 2.75) is 31.7 Å². The number of halogens is 2. The zero-order valence-corrected chi connectivity index (χ0v) is 15.0. The Morgan fingerprint density at radius 3 is 2.83 bits per heavy atom. The third-order valence-electron chi connectivity index (χ3n) is 4.89. The first kappa shape index (κ1) is 15.9. The summed E-state index contributed by atoms with van der Waals surface area (Å²) in [7, 11) is 0. The Hall–Kier alpha value is -1.65. The van der Waals surface area contributed by atoms with E-state index in [4.69, 9.17) is 0 Å². The topological polar surface area (TPSA) is 27.8 Å². The van der Waals surface area contributed by atoms with Gasteiger partial charge in [-0.05, 0) is 73.7 Å². The van der Waals surface area contributed by atoms with Gasteiger partial charge in [0.05, 0.1) is 0 Å². The van der Waals surface area contributed by atoms with Crippen molar-refractivity contribution in [1.82, 2.24) is 10.3 Å². The lowest BCUT2D eigenvalue weighted by Gasteiger charge is -2.24. The van der Waals surface area contributed by atoms with Crippen molar-refractivity contribution in [3.63, 3.8) is 0 Å². The third kappa shape index (κ3) is 3.13. The van der Waals surface area contributed by atoms with Gasteiger partial charge in [-0.1, -0.05) is 28.1 Å². The van der Waals surface area contributed by atoms with Gasteiger partial charge in [-0.3, -0.25) is 0 Å². The van der Waals surface area contributed by atoms with E-state index in [1.807, 2.05) is 6.07 Å². The maximum atomic E-state index is 13.6. The lowest BCUT2D eigenvalue weighted by Crippen LogP contribution is -2.27. The molecule has 1 aromatic heterocycles. The molecule has 4 heteroatoms. The molecule has 2 nitrogen and oxygen atoms in total. The van der Waals surface area contributed by atoms with Crippen LogP contribution in [-0.4, -0.2) is 11.5 Å². The van der Waals surface area contributed by atoms with E-state index in [0.717, 1.165) is 47.6 Å². The molecule has 1 heterocycles. The van der Waals surface area contributed by atoms with Crippen molar-refractivity contribution in [1.29, 1.82) is 0 Å². The Labute approximate surface area is 149 Å². The SMILES string of the molecule is Fc1ccc2[nH]c3c(c2c1)CCCC3NCCc1ccc(Br)cc1. The molecule has 0 bridgehead atoms. The molecule has 0 fully saturated rings. The summed E-state index contributed by atoms with van der Waals surface area (Å²) < 4.78 is 14.7. The number of benzene rings is 2. The van der Waals surface area contributed by atoms with E-state index in [2.05, 4.69) is 50.5 Å². The number of aromatic nitrogens is 1. The molecule has 24 heavy (non-hydrogen) atoms. The predicted molar refractivity (Wildman–Crippen MR) is 99.8 cm³/mol. The molecule has 0 aliphatic heterocycles. The van der Waals surface area contributed by atoms with Gasteiger partial charge in [0.2, 0.25) is 0 Å². The van der Waals surface area contributed by atoms with Crippen molar-refractivity contribution >= 4 is 26.8 Å². The van der Waals surface area contributed by atoms with E-state index in [9.17, 15) is 4.39 Å². The summed E-state index contributed by atoms with van der Waals surface area (Å²) in [5, 5.41) is 4.73. The molecule has 0 saturated heterocycles. The molecule has 1 aliphatic carbocycles. The van der Waals surface area contributed by atoms with E-state index in [-0.39, 0.29) is 5.82 Å². The molecule has 0 saturated carbocycles. The molecule has 0 radical (unpaired) electrons. The largest absolute Gasteiger partial charge is 0.357 e. The average molecular weight is 387 g/mol. The summed E-state index contributed by atoms with van der Waals surface area (Å²) in [6.07, 6.45) is 4.31. The molecular weight excluding hydrogens is 367 g/mol. The van der Waals surface area contributed by atoms with Crippen LogP contribution in [0, 0.1) is 5.82 Å². The second-order valence-electron chi connectivity index (χ2n) is 6.48. The van der Waals surface area contributed by atoms with Gasteiger partial charge in [0.1, 0.15) is 5.82 Å². The van der Waals surface area contributed by atoms with Gasteiger partial charge in [0, 0.05) is 27.1 Å². The Balaban J connectivity index is 1.49. The molecule has 0 amide bonds. The molecule has 0 spiro atoms. The van der Waals surface area contributed by atoms with Crippen LogP contribution in [-0.2, 0) is 12.8 Å². The van der Waals surface area contributed by atoms with Gasteiger partial charge < -0.3 is 10.3 Å². The highest BCUT2D eigenvalue weighted by molar-refractivity contribution is 9.10. The smallest absolute Gasteiger partial charge is 0.123 e. The van der Waals surface area contributed by atoms with Crippen LogP contribution in [0.1, 0.15) is 35.7 Å². The molecule has 124 valence electrons. The lowest BCUT2D eigenvalue weighted by atomic mass is 9.91. The average Bonchev–Trinajstić information content (AvgIpc) is 2.95. The van der Waals surface area contributed by atoms with E-state index in [0.29, 0.717) is 6.04 Å². The summed E-state index contributed by atoms with van der Waals surface area (Å²) in [6.45, 7) is 0.940. The molecule has 2 aromatic carbocycles. The standard InChI is InChI=1S/C20H20BrFN2/c21-14-6-4-13(5-7-14)10-11-23-19-3-1-2-16-17-12-15(22)8-9-18(17)24-20(16)19/h4-9,12,19,23-24H,1-3,10-11H2. The molecular formula is C20H20BrFN2. The van der Waals surface area contributed by atoms with Gasteiger partial charge in [-0.25, -0.2) is 4.39 Å². The number of nitrogens with one attached hydrogen (secondary N) is 2. The lowest BCUT2D eigenvalue weighted by molar-refractivity contribution is 0.456. The Morgan fingerprint density at radius 1 is 1.17 bits per heavy atom. The van der Waals surface area contributed by atoms with Crippen molar-refractivity contribution in [3.8, 4) is 0 Å². The first-order chi connectivity index (χ1) is 11.7. The van der Waals surface area contributed by atoms with Gasteiger partial charge in [0.25, 0.3) is 0 Å². The number of hydrogen-bond acceptors (Lipinski definition) is 1. The highest BCUT2D eigenvalue weighted by atomic mass is 79.9. The van der Waals surface area contributed by atoms with E-state index >= 15 is 0 Å². The number of aromatic amines is 1. The molecule has 1 aliphatic rings. The summed E-state index contributed by atoms with van der Waals surface area (Å²) in [4.78, 5) is 3.51. The van der Waals surface area contributed by atoms with Crippen LogP contribution in [0.2, 0.25) is 0 Å². The number of H-pyrrole nitrogens is 1. The fourth-order valence-corrected chi connectivity index (χ4v) is 3.95. The summed E-state index contributed by atoms with van der Waals surface area (Å²) in [5.74, 6) is -0.158. The maximum Gasteiger partial charge on any atom is 0.123 e. The van der Waals surface area contributed by atoms with Crippen molar-refractivity contribution in [2.75, 3.05) is 6.54 Å². The van der Waals surface area contributed by atoms with Gasteiger partial charge in [-0.15, -0.1) is 0 Å². The minimum absolute atomic E-state index is 0.158. The minimum atomic E-state index is -0.158. The normalized spacial score (nSPS) is 17.2. The van der Waals surface area contributed by atoms with Crippen LogP contribution in [0.25, 0.3) is 10.9 Å². The predicted octanol–water partition coefficient (Wildman–Crippen LogP) is 5.28. The molecule has 4 rings (SSSR count). The number of rotatable bonds is 4. The zero-order chi connectivity index (χ0) is 16.5. The van der Waals surface area contributed by atoms with E-state index in [1.54, 1.807) is 6.07 Å². The van der Waals surface area contributed by atoms with Crippen LogP contribution in [0.4, 0.5) is 4.39 Å². The maximum absolute atomic E-state index is 13.6. The van der Waals surface area contributed by atoms with Crippen LogP contribution in [0.3, 0.4) is 0 Å². The Morgan fingerprint density at radius 2 is 2.00 bits per heavy atom. The monoisotopic (exact) mass is 386 g/mol. The number of hydrogen-bond donors (Lipinski definition) is 2. The Kier molecular flexibility index (Phi) is 4.42. The molecule has 2 N–H and O–H groups in total.